The molecule has 116 valence electrons. The number of aryl methyl sites for hydroxylation is 1. The second-order valence-corrected chi connectivity index (χ2v) is 5.84. The smallest absolute Gasteiger partial charge is 0.317 e. The van der Waals surface area contributed by atoms with E-state index in [1.807, 2.05) is 7.05 Å². The van der Waals surface area contributed by atoms with Gasteiger partial charge in [0, 0.05) is 26.7 Å². The number of carbonyl (C=O) groups is 1. The van der Waals surface area contributed by atoms with Crippen LogP contribution < -0.4 is 5.32 Å². The Labute approximate surface area is 127 Å². The van der Waals surface area contributed by atoms with Gasteiger partial charge in [-0.2, -0.15) is 0 Å². The van der Waals surface area contributed by atoms with Crippen molar-refractivity contribution in [3.8, 4) is 0 Å². The van der Waals surface area contributed by atoms with Crippen LogP contribution in [0, 0.1) is 6.92 Å². The lowest BCUT2D eigenvalue weighted by Gasteiger charge is -2.27. The van der Waals surface area contributed by atoms with E-state index in [-0.39, 0.29) is 12.1 Å². The van der Waals surface area contributed by atoms with Crippen molar-refractivity contribution in [3.05, 3.63) is 35.4 Å². The van der Waals surface area contributed by atoms with E-state index in [0.29, 0.717) is 13.1 Å². The van der Waals surface area contributed by atoms with E-state index in [4.69, 9.17) is 4.74 Å². The van der Waals surface area contributed by atoms with Crippen molar-refractivity contribution in [2.75, 3.05) is 26.7 Å². The molecule has 0 bridgehead atoms. The van der Waals surface area contributed by atoms with Crippen LogP contribution in [0.2, 0.25) is 0 Å². The van der Waals surface area contributed by atoms with Gasteiger partial charge in [0.2, 0.25) is 0 Å². The third kappa shape index (κ3) is 5.38. The van der Waals surface area contributed by atoms with E-state index < -0.39 is 0 Å². The highest BCUT2D eigenvalue weighted by Crippen LogP contribution is 2.13. The molecular formula is C17H26N2O2. The molecule has 0 saturated carbocycles. The standard InChI is InChI=1S/C17H26N2O2/c1-14-6-8-15(9-7-14)10-11-18-17(20)19(2)13-16-5-3-4-12-21-16/h6-9,16H,3-5,10-13H2,1-2H3,(H,18,20)/t16-/m1/s1. The van der Waals surface area contributed by atoms with Gasteiger partial charge in [0.1, 0.15) is 0 Å². The van der Waals surface area contributed by atoms with Crippen molar-refractivity contribution < 1.29 is 9.53 Å². The van der Waals surface area contributed by atoms with Crippen molar-refractivity contribution in [3.63, 3.8) is 0 Å². The predicted octanol–water partition coefficient (Wildman–Crippen LogP) is 2.75. The van der Waals surface area contributed by atoms with Crippen LogP contribution in [-0.4, -0.2) is 43.8 Å². The fourth-order valence-electron chi connectivity index (χ4n) is 2.54. The number of benzene rings is 1. The van der Waals surface area contributed by atoms with Gasteiger partial charge >= 0.3 is 6.03 Å². The highest BCUT2D eigenvalue weighted by molar-refractivity contribution is 5.73. The maximum Gasteiger partial charge on any atom is 0.317 e. The number of nitrogens with zero attached hydrogens (tertiary/aromatic N) is 1. The lowest BCUT2D eigenvalue weighted by molar-refractivity contribution is 0.00388. The summed E-state index contributed by atoms with van der Waals surface area (Å²) in [5.41, 5.74) is 2.51. The first-order valence-corrected chi connectivity index (χ1v) is 7.81. The summed E-state index contributed by atoms with van der Waals surface area (Å²) in [6.07, 6.45) is 4.46. The number of ether oxygens (including phenoxy) is 1. The molecule has 4 heteroatoms. The second kappa shape index (κ2) is 8.03. The summed E-state index contributed by atoms with van der Waals surface area (Å²) < 4.78 is 5.66. The molecule has 4 nitrogen and oxygen atoms in total. The third-order valence-electron chi connectivity index (χ3n) is 3.91. The predicted molar refractivity (Wildman–Crippen MR) is 84.5 cm³/mol. The molecule has 2 amide bonds. The number of carbonyl (C=O) groups excluding carboxylic acids is 1. The summed E-state index contributed by atoms with van der Waals surface area (Å²) in [5, 5.41) is 2.97. The van der Waals surface area contributed by atoms with E-state index in [9.17, 15) is 4.79 Å². The lowest BCUT2D eigenvalue weighted by Crippen LogP contribution is -2.43. The van der Waals surface area contributed by atoms with E-state index in [1.165, 1.54) is 17.5 Å². The summed E-state index contributed by atoms with van der Waals surface area (Å²) in [5.74, 6) is 0. The van der Waals surface area contributed by atoms with Gasteiger partial charge in [-0.05, 0) is 38.2 Å². The van der Waals surface area contributed by atoms with Crippen molar-refractivity contribution in [2.24, 2.45) is 0 Å². The van der Waals surface area contributed by atoms with E-state index >= 15 is 0 Å². The minimum atomic E-state index is -0.0173. The molecule has 1 aliphatic rings. The third-order valence-corrected chi connectivity index (χ3v) is 3.91. The fraction of sp³-hybridized carbons (Fsp3) is 0.588. The Morgan fingerprint density at radius 1 is 1.33 bits per heavy atom. The zero-order chi connectivity index (χ0) is 15.1. The SMILES string of the molecule is Cc1ccc(CCNC(=O)N(C)C[C@H]2CCCCO2)cc1. The monoisotopic (exact) mass is 290 g/mol. The number of urea groups is 1. The Hall–Kier alpha value is -1.55. The largest absolute Gasteiger partial charge is 0.376 e. The molecule has 1 aromatic carbocycles. The Bertz CT molecular complexity index is 439. The zero-order valence-corrected chi connectivity index (χ0v) is 13.1. The second-order valence-electron chi connectivity index (χ2n) is 5.84. The maximum absolute atomic E-state index is 12.0. The molecule has 1 heterocycles. The molecule has 1 fully saturated rings. The lowest BCUT2D eigenvalue weighted by atomic mass is 10.1. The molecule has 1 saturated heterocycles. The van der Waals surface area contributed by atoms with Crippen LogP contribution in [0.4, 0.5) is 4.79 Å². The first-order chi connectivity index (χ1) is 10.1. The molecule has 0 spiro atoms. The van der Waals surface area contributed by atoms with Crippen molar-refractivity contribution >= 4 is 6.03 Å². The van der Waals surface area contributed by atoms with E-state index in [0.717, 1.165) is 25.9 Å². The van der Waals surface area contributed by atoms with E-state index in [2.05, 4.69) is 36.5 Å². The molecule has 0 unspecified atom stereocenters. The Morgan fingerprint density at radius 3 is 2.76 bits per heavy atom. The molecule has 1 N–H and O–H groups in total. The number of amides is 2. The Balaban J connectivity index is 1.67. The molecule has 0 aliphatic carbocycles. The zero-order valence-electron chi connectivity index (χ0n) is 13.1. The Morgan fingerprint density at radius 2 is 2.10 bits per heavy atom. The van der Waals surface area contributed by atoms with Gasteiger partial charge in [0.25, 0.3) is 0 Å². The fourth-order valence-corrected chi connectivity index (χ4v) is 2.54. The molecule has 0 radical (unpaired) electrons. The average molecular weight is 290 g/mol. The van der Waals surface area contributed by atoms with Crippen LogP contribution in [0.1, 0.15) is 30.4 Å². The maximum atomic E-state index is 12.0. The molecule has 2 rings (SSSR count). The van der Waals surface area contributed by atoms with Crippen LogP contribution in [0.3, 0.4) is 0 Å². The van der Waals surface area contributed by atoms with Gasteiger partial charge in [-0.25, -0.2) is 4.79 Å². The van der Waals surface area contributed by atoms with Crippen molar-refractivity contribution in [1.29, 1.82) is 0 Å². The van der Waals surface area contributed by atoms with Crippen LogP contribution in [-0.2, 0) is 11.2 Å². The summed E-state index contributed by atoms with van der Waals surface area (Å²) in [7, 11) is 1.83. The number of hydrogen-bond acceptors (Lipinski definition) is 2. The quantitative estimate of drug-likeness (QED) is 0.906. The van der Waals surface area contributed by atoms with Crippen LogP contribution >= 0.6 is 0 Å². The Kier molecular flexibility index (Phi) is 6.05. The highest BCUT2D eigenvalue weighted by Gasteiger charge is 2.18. The molecule has 1 aliphatic heterocycles. The minimum Gasteiger partial charge on any atom is -0.376 e. The number of hydrogen-bond donors (Lipinski definition) is 1. The van der Waals surface area contributed by atoms with E-state index in [1.54, 1.807) is 4.90 Å². The van der Waals surface area contributed by atoms with Gasteiger partial charge in [-0.3, -0.25) is 0 Å². The van der Waals surface area contributed by atoms with Gasteiger partial charge in [-0.1, -0.05) is 29.8 Å². The van der Waals surface area contributed by atoms with Crippen LogP contribution in [0.15, 0.2) is 24.3 Å². The molecule has 1 aromatic rings. The van der Waals surface area contributed by atoms with Crippen LogP contribution in [0.25, 0.3) is 0 Å². The van der Waals surface area contributed by atoms with Gasteiger partial charge in [0.15, 0.2) is 0 Å². The first kappa shape index (κ1) is 15.8. The molecule has 0 aromatic heterocycles. The number of rotatable bonds is 5. The minimum absolute atomic E-state index is 0.0173. The van der Waals surface area contributed by atoms with Gasteiger partial charge in [0.05, 0.1) is 6.10 Å². The number of nitrogens with one attached hydrogen (secondary N) is 1. The molecular weight excluding hydrogens is 264 g/mol. The first-order valence-electron chi connectivity index (χ1n) is 7.81. The molecule has 21 heavy (non-hydrogen) atoms. The van der Waals surface area contributed by atoms with Crippen LogP contribution in [0.5, 0.6) is 0 Å². The summed E-state index contributed by atoms with van der Waals surface area (Å²) >= 11 is 0. The number of likely N-dealkylation sites (N-methyl/N-ethyl adjacent to an activating group) is 1. The topological polar surface area (TPSA) is 41.6 Å². The van der Waals surface area contributed by atoms with Crippen molar-refractivity contribution in [2.45, 2.75) is 38.7 Å². The normalized spacial score (nSPS) is 18.3. The average Bonchev–Trinajstić information content (AvgIpc) is 2.50. The summed E-state index contributed by atoms with van der Waals surface area (Å²) in [6, 6.07) is 8.41. The van der Waals surface area contributed by atoms with Gasteiger partial charge < -0.3 is 15.0 Å². The summed E-state index contributed by atoms with van der Waals surface area (Å²) in [6.45, 7) is 4.25. The van der Waals surface area contributed by atoms with Gasteiger partial charge in [-0.15, -0.1) is 0 Å². The van der Waals surface area contributed by atoms with Crippen molar-refractivity contribution in [1.82, 2.24) is 10.2 Å². The summed E-state index contributed by atoms with van der Waals surface area (Å²) in [4.78, 5) is 13.7. The highest BCUT2D eigenvalue weighted by atomic mass is 16.5. The molecule has 1 atom stereocenters.